The molecule has 1 heterocycles. The van der Waals surface area contributed by atoms with Crippen molar-refractivity contribution < 1.29 is 42.9 Å². The summed E-state index contributed by atoms with van der Waals surface area (Å²) in [7, 11) is 0. The van der Waals surface area contributed by atoms with Gasteiger partial charge in [-0.25, -0.2) is 14.4 Å². The molecule has 1 aromatic rings. The molecule has 0 aliphatic carbocycles. The standard InChI is InChI=1S/C41H68N4O9/c1-27(2)21-23-44(36(49)43-31(35(48)53-40(9,10)11)24-28-17-19-30(20-18-28)51-38(3,4)5)26-29(34(47)52-39(6,7)8)25-42-33(46)32-16-15-22-45(32)37(50)54-41(12,13)14/h17-20,27,29,31-32H,15-16,21-26H2,1-14H3,(H,42,46)(H,43,49)/t29-,31+,32+/m1/s1. The predicted molar refractivity (Wildman–Crippen MR) is 208 cm³/mol. The molecule has 4 amide bonds. The number of likely N-dealkylation sites (tertiary alicyclic amines) is 1. The summed E-state index contributed by atoms with van der Waals surface area (Å²) in [6.45, 7) is 26.1. The summed E-state index contributed by atoms with van der Waals surface area (Å²) in [4.78, 5) is 70.6. The Bertz CT molecular complexity index is 1420. The molecular formula is C41H68N4O9. The average molecular weight is 761 g/mol. The molecule has 0 radical (unpaired) electrons. The number of esters is 2. The van der Waals surface area contributed by atoms with E-state index in [1.54, 1.807) is 62.3 Å². The molecule has 2 rings (SSSR count). The van der Waals surface area contributed by atoms with E-state index in [0.717, 1.165) is 5.56 Å². The lowest BCUT2D eigenvalue weighted by Gasteiger charge is -2.32. The minimum absolute atomic E-state index is 0.103. The average Bonchev–Trinajstić information content (AvgIpc) is 3.48. The number of rotatable bonds is 14. The van der Waals surface area contributed by atoms with Crippen molar-refractivity contribution in [2.24, 2.45) is 11.8 Å². The Balaban J connectivity index is 2.36. The Labute approximate surface area is 323 Å². The number of hydrogen-bond acceptors (Lipinski definition) is 9. The molecule has 1 aliphatic rings. The quantitative estimate of drug-likeness (QED) is 0.157. The van der Waals surface area contributed by atoms with Crippen molar-refractivity contribution in [1.29, 1.82) is 0 Å². The van der Waals surface area contributed by atoms with E-state index in [0.29, 0.717) is 31.6 Å². The number of carbonyl (C=O) groups is 5. The minimum Gasteiger partial charge on any atom is -0.488 e. The molecule has 0 spiro atoms. The zero-order valence-electron chi connectivity index (χ0n) is 35.3. The molecule has 1 aliphatic heterocycles. The van der Waals surface area contributed by atoms with Gasteiger partial charge in [0.1, 0.15) is 40.2 Å². The van der Waals surface area contributed by atoms with Crippen LogP contribution in [0.1, 0.15) is 122 Å². The van der Waals surface area contributed by atoms with Crippen molar-refractivity contribution in [2.45, 2.75) is 157 Å². The van der Waals surface area contributed by atoms with Gasteiger partial charge in [0, 0.05) is 32.6 Å². The summed E-state index contributed by atoms with van der Waals surface area (Å²) < 4.78 is 22.9. The smallest absolute Gasteiger partial charge is 0.410 e. The van der Waals surface area contributed by atoms with E-state index < -0.39 is 64.8 Å². The maximum absolute atomic E-state index is 14.1. The number of carbonyl (C=O) groups excluding carboxylic acids is 5. The van der Waals surface area contributed by atoms with Crippen molar-refractivity contribution in [3.05, 3.63) is 29.8 Å². The highest BCUT2D eigenvalue weighted by Crippen LogP contribution is 2.23. The van der Waals surface area contributed by atoms with E-state index in [4.69, 9.17) is 18.9 Å². The maximum atomic E-state index is 14.1. The van der Waals surface area contributed by atoms with Gasteiger partial charge < -0.3 is 34.5 Å². The van der Waals surface area contributed by atoms with E-state index >= 15 is 0 Å². The zero-order valence-corrected chi connectivity index (χ0v) is 35.3. The monoisotopic (exact) mass is 760 g/mol. The Kier molecular flexibility index (Phi) is 16.2. The van der Waals surface area contributed by atoms with Crippen LogP contribution in [0, 0.1) is 11.8 Å². The van der Waals surface area contributed by atoms with E-state index in [1.165, 1.54) is 9.80 Å². The van der Waals surface area contributed by atoms with Gasteiger partial charge in [0.2, 0.25) is 5.91 Å². The zero-order chi connectivity index (χ0) is 41.2. The molecule has 54 heavy (non-hydrogen) atoms. The lowest BCUT2D eigenvalue weighted by molar-refractivity contribution is -0.161. The van der Waals surface area contributed by atoms with Gasteiger partial charge in [-0.1, -0.05) is 26.0 Å². The molecular weight excluding hydrogens is 692 g/mol. The van der Waals surface area contributed by atoms with Crippen molar-refractivity contribution in [2.75, 3.05) is 26.2 Å². The number of nitrogens with one attached hydrogen (secondary N) is 2. The largest absolute Gasteiger partial charge is 0.488 e. The molecule has 3 atom stereocenters. The first-order chi connectivity index (χ1) is 24.6. The Hall–Kier alpha value is -4.03. The van der Waals surface area contributed by atoms with Crippen LogP contribution in [0.5, 0.6) is 5.75 Å². The van der Waals surface area contributed by atoms with Crippen LogP contribution in [-0.2, 0) is 35.0 Å². The molecule has 1 saturated heterocycles. The Morgan fingerprint density at radius 1 is 0.796 bits per heavy atom. The highest BCUT2D eigenvalue weighted by Gasteiger charge is 2.38. The third-order valence-electron chi connectivity index (χ3n) is 7.93. The third kappa shape index (κ3) is 17.4. The summed E-state index contributed by atoms with van der Waals surface area (Å²) in [5, 5.41) is 5.74. The summed E-state index contributed by atoms with van der Waals surface area (Å²) in [6, 6.07) is 4.96. The van der Waals surface area contributed by atoms with Gasteiger partial charge in [0.15, 0.2) is 0 Å². The molecule has 0 unspecified atom stereocenters. The molecule has 0 saturated carbocycles. The fraction of sp³-hybridized carbons (Fsp3) is 0.732. The molecule has 1 aromatic carbocycles. The second kappa shape index (κ2) is 19.0. The van der Waals surface area contributed by atoms with Gasteiger partial charge in [-0.2, -0.15) is 0 Å². The van der Waals surface area contributed by atoms with Crippen LogP contribution in [0.4, 0.5) is 9.59 Å². The van der Waals surface area contributed by atoms with Gasteiger partial charge in [0.05, 0.1) is 5.92 Å². The number of nitrogens with zero attached hydrogens (tertiary/aromatic N) is 2. The maximum Gasteiger partial charge on any atom is 0.410 e. The number of ether oxygens (including phenoxy) is 4. The molecule has 306 valence electrons. The first-order valence-electron chi connectivity index (χ1n) is 19.2. The molecule has 2 N–H and O–H groups in total. The van der Waals surface area contributed by atoms with E-state index in [2.05, 4.69) is 10.6 Å². The highest BCUT2D eigenvalue weighted by molar-refractivity contribution is 5.87. The van der Waals surface area contributed by atoms with Crippen molar-refractivity contribution in [3.8, 4) is 5.75 Å². The Morgan fingerprint density at radius 2 is 1.35 bits per heavy atom. The van der Waals surface area contributed by atoms with E-state index in [9.17, 15) is 24.0 Å². The van der Waals surface area contributed by atoms with Gasteiger partial charge in [-0.3, -0.25) is 14.5 Å². The van der Waals surface area contributed by atoms with Gasteiger partial charge in [-0.05, 0) is 126 Å². The van der Waals surface area contributed by atoms with E-state index in [1.807, 2.05) is 58.9 Å². The lowest BCUT2D eigenvalue weighted by atomic mass is 10.0. The summed E-state index contributed by atoms with van der Waals surface area (Å²) in [5.74, 6) is -1.68. The van der Waals surface area contributed by atoms with Crippen LogP contribution in [-0.4, -0.2) is 100 Å². The predicted octanol–water partition coefficient (Wildman–Crippen LogP) is 6.65. The van der Waals surface area contributed by atoms with Crippen LogP contribution < -0.4 is 15.4 Å². The fourth-order valence-corrected chi connectivity index (χ4v) is 5.57. The second-order valence-electron chi connectivity index (χ2n) is 18.5. The Morgan fingerprint density at radius 3 is 1.87 bits per heavy atom. The van der Waals surface area contributed by atoms with Gasteiger partial charge in [-0.15, -0.1) is 0 Å². The molecule has 0 bridgehead atoms. The van der Waals surface area contributed by atoms with Crippen molar-refractivity contribution >= 4 is 30.0 Å². The second-order valence-corrected chi connectivity index (χ2v) is 18.5. The van der Waals surface area contributed by atoms with Crippen LogP contribution in [0.3, 0.4) is 0 Å². The van der Waals surface area contributed by atoms with Crippen molar-refractivity contribution in [1.82, 2.24) is 20.4 Å². The molecule has 13 heteroatoms. The minimum atomic E-state index is -1.05. The van der Waals surface area contributed by atoms with Crippen molar-refractivity contribution in [3.63, 3.8) is 0 Å². The summed E-state index contributed by atoms with van der Waals surface area (Å²) in [5.41, 5.74) is -1.97. The van der Waals surface area contributed by atoms with Gasteiger partial charge in [0.25, 0.3) is 0 Å². The van der Waals surface area contributed by atoms with Crippen LogP contribution in [0.25, 0.3) is 0 Å². The topological polar surface area (TPSA) is 153 Å². The first-order valence-corrected chi connectivity index (χ1v) is 19.2. The number of benzene rings is 1. The molecule has 13 nitrogen and oxygen atoms in total. The number of hydrogen-bond donors (Lipinski definition) is 2. The summed E-state index contributed by atoms with van der Waals surface area (Å²) >= 11 is 0. The highest BCUT2D eigenvalue weighted by atomic mass is 16.6. The third-order valence-corrected chi connectivity index (χ3v) is 7.93. The fourth-order valence-electron chi connectivity index (χ4n) is 5.57. The molecule has 0 aromatic heterocycles. The van der Waals surface area contributed by atoms with Crippen LogP contribution >= 0.6 is 0 Å². The molecule has 1 fully saturated rings. The van der Waals surface area contributed by atoms with Gasteiger partial charge >= 0.3 is 24.1 Å². The first kappa shape index (κ1) is 46.1. The number of urea groups is 1. The van der Waals surface area contributed by atoms with Crippen LogP contribution in [0.2, 0.25) is 0 Å². The number of amides is 4. The normalized spacial score (nSPS) is 16.3. The SMILES string of the molecule is CC(C)CCN(C[C@@H](CNC(=O)[C@@H]1CCCN1C(=O)OC(C)(C)C)C(=O)OC(C)(C)C)C(=O)N[C@@H](Cc1ccc(OC(C)(C)C)cc1)C(=O)OC(C)(C)C. The lowest BCUT2D eigenvalue weighted by Crippen LogP contribution is -2.54. The van der Waals surface area contributed by atoms with E-state index in [-0.39, 0.29) is 37.6 Å². The van der Waals surface area contributed by atoms with Crippen LogP contribution in [0.15, 0.2) is 24.3 Å². The summed E-state index contributed by atoms with van der Waals surface area (Å²) in [6.07, 6.45) is 1.26.